The van der Waals surface area contributed by atoms with E-state index in [0.717, 1.165) is 17.1 Å². The summed E-state index contributed by atoms with van der Waals surface area (Å²) in [5.41, 5.74) is 2.52. The van der Waals surface area contributed by atoms with Crippen molar-refractivity contribution in [3.05, 3.63) is 46.5 Å². The van der Waals surface area contributed by atoms with Crippen LogP contribution in [0.1, 0.15) is 17.1 Å². The minimum Gasteiger partial charge on any atom is -0.392 e. The van der Waals surface area contributed by atoms with Crippen LogP contribution in [0.3, 0.4) is 0 Å². The minimum absolute atomic E-state index is 0.479. The van der Waals surface area contributed by atoms with Crippen LogP contribution in [0.2, 0.25) is 5.02 Å². The van der Waals surface area contributed by atoms with Crippen LogP contribution in [-0.4, -0.2) is 26.0 Å². The summed E-state index contributed by atoms with van der Waals surface area (Å²) in [4.78, 5) is 4.19. The van der Waals surface area contributed by atoms with Gasteiger partial charge in [0.05, 0.1) is 22.5 Å². The van der Waals surface area contributed by atoms with Gasteiger partial charge >= 0.3 is 0 Å². The van der Waals surface area contributed by atoms with Gasteiger partial charge in [-0.15, -0.1) is 0 Å². The molecule has 0 amide bonds. The SMILES string of the molecule is Cc1nn(C)c(CC(O)Cc2ccccn2)c1Cl. The second-order valence-electron chi connectivity index (χ2n) is 4.35. The largest absolute Gasteiger partial charge is 0.392 e. The Labute approximate surface area is 111 Å². The number of pyridine rings is 1. The number of hydrogen-bond donors (Lipinski definition) is 1. The molecule has 1 atom stereocenters. The van der Waals surface area contributed by atoms with Crippen molar-refractivity contribution in [1.29, 1.82) is 0 Å². The molecular weight excluding hydrogens is 250 g/mol. The Morgan fingerprint density at radius 1 is 1.39 bits per heavy atom. The zero-order valence-corrected chi connectivity index (χ0v) is 11.2. The molecule has 0 fully saturated rings. The lowest BCUT2D eigenvalue weighted by Crippen LogP contribution is -2.17. The van der Waals surface area contributed by atoms with Crippen molar-refractivity contribution < 1.29 is 5.11 Å². The van der Waals surface area contributed by atoms with E-state index in [9.17, 15) is 5.11 Å². The fourth-order valence-corrected chi connectivity index (χ4v) is 2.19. The van der Waals surface area contributed by atoms with E-state index >= 15 is 0 Å². The summed E-state index contributed by atoms with van der Waals surface area (Å²) in [6.45, 7) is 1.86. The molecule has 0 saturated heterocycles. The van der Waals surface area contributed by atoms with Gasteiger partial charge in [-0.3, -0.25) is 9.67 Å². The smallest absolute Gasteiger partial charge is 0.0847 e. The Bertz CT molecular complexity index is 525. The van der Waals surface area contributed by atoms with Crippen LogP contribution in [0.4, 0.5) is 0 Å². The van der Waals surface area contributed by atoms with E-state index in [1.54, 1.807) is 10.9 Å². The number of hydrogen-bond acceptors (Lipinski definition) is 3. The van der Waals surface area contributed by atoms with Crippen LogP contribution in [0.25, 0.3) is 0 Å². The van der Waals surface area contributed by atoms with Crippen LogP contribution in [0.15, 0.2) is 24.4 Å². The molecule has 0 aromatic carbocycles. The van der Waals surface area contributed by atoms with Gasteiger partial charge in [0, 0.05) is 31.8 Å². The van der Waals surface area contributed by atoms with Gasteiger partial charge in [-0.05, 0) is 19.1 Å². The molecule has 5 heteroatoms. The van der Waals surface area contributed by atoms with Crippen molar-refractivity contribution in [3.63, 3.8) is 0 Å². The molecule has 96 valence electrons. The van der Waals surface area contributed by atoms with Crippen molar-refractivity contribution in [3.8, 4) is 0 Å². The summed E-state index contributed by atoms with van der Waals surface area (Å²) < 4.78 is 1.72. The first-order chi connectivity index (χ1) is 8.58. The van der Waals surface area contributed by atoms with Crippen molar-refractivity contribution in [2.45, 2.75) is 25.9 Å². The quantitative estimate of drug-likeness (QED) is 0.919. The fourth-order valence-electron chi connectivity index (χ4n) is 1.96. The number of nitrogens with zero attached hydrogens (tertiary/aromatic N) is 3. The van der Waals surface area contributed by atoms with E-state index in [-0.39, 0.29) is 0 Å². The molecular formula is C13H16ClN3O. The Morgan fingerprint density at radius 2 is 2.17 bits per heavy atom. The minimum atomic E-state index is -0.507. The maximum Gasteiger partial charge on any atom is 0.0847 e. The topological polar surface area (TPSA) is 50.9 Å². The fraction of sp³-hybridized carbons (Fsp3) is 0.385. The third kappa shape index (κ3) is 2.89. The van der Waals surface area contributed by atoms with Gasteiger partial charge in [0.2, 0.25) is 0 Å². The van der Waals surface area contributed by atoms with Crippen LogP contribution in [0, 0.1) is 6.92 Å². The summed E-state index contributed by atoms with van der Waals surface area (Å²) in [5.74, 6) is 0. The predicted octanol–water partition coefficient (Wildman–Crippen LogP) is 1.92. The molecule has 2 heterocycles. The lowest BCUT2D eigenvalue weighted by Gasteiger charge is -2.10. The molecule has 0 aliphatic heterocycles. The summed E-state index contributed by atoms with van der Waals surface area (Å²) in [7, 11) is 1.84. The van der Waals surface area contributed by atoms with Crippen LogP contribution >= 0.6 is 11.6 Å². The molecule has 4 nitrogen and oxygen atoms in total. The van der Waals surface area contributed by atoms with Gasteiger partial charge in [0.1, 0.15) is 0 Å². The van der Waals surface area contributed by atoms with Gasteiger partial charge in [0.15, 0.2) is 0 Å². The number of aryl methyl sites for hydroxylation is 2. The van der Waals surface area contributed by atoms with Crippen molar-refractivity contribution in [1.82, 2.24) is 14.8 Å². The molecule has 1 N–H and O–H groups in total. The first kappa shape index (κ1) is 13.1. The molecule has 18 heavy (non-hydrogen) atoms. The first-order valence-electron chi connectivity index (χ1n) is 5.84. The maximum atomic E-state index is 10.1. The van der Waals surface area contributed by atoms with E-state index in [1.807, 2.05) is 32.2 Å². The zero-order valence-electron chi connectivity index (χ0n) is 10.5. The van der Waals surface area contributed by atoms with Crippen molar-refractivity contribution in [2.24, 2.45) is 7.05 Å². The predicted molar refractivity (Wildman–Crippen MR) is 70.6 cm³/mol. The highest BCUT2D eigenvalue weighted by Gasteiger charge is 2.15. The molecule has 0 radical (unpaired) electrons. The average Bonchev–Trinajstić information content (AvgIpc) is 2.57. The van der Waals surface area contributed by atoms with Crippen molar-refractivity contribution in [2.75, 3.05) is 0 Å². The van der Waals surface area contributed by atoms with Crippen LogP contribution in [-0.2, 0) is 19.9 Å². The molecule has 0 bridgehead atoms. The highest BCUT2D eigenvalue weighted by molar-refractivity contribution is 6.31. The summed E-state index contributed by atoms with van der Waals surface area (Å²) in [6.07, 6.45) is 2.21. The van der Waals surface area contributed by atoms with Gasteiger partial charge in [-0.2, -0.15) is 5.10 Å². The second kappa shape index (κ2) is 5.50. The average molecular weight is 266 g/mol. The maximum absolute atomic E-state index is 10.1. The summed E-state index contributed by atoms with van der Waals surface area (Å²) in [5, 5.41) is 14.9. The van der Waals surface area contributed by atoms with Crippen molar-refractivity contribution >= 4 is 11.6 Å². The molecule has 2 rings (SSSR count). The third-order valence-corrected chi connectivity index (χ3v) is 3.35. The van der Waals surface area contributed by atoms with Crippen LogP contribution in [0.5, 0.6) is 0 Å². The lowest BCUT2D eigenvalue weighted by atomic mass is 10.1. The highest BCUT2D eigenvalue weighted by Crippen LogP contribution is 2.21. The van der Waals surface area contributed by atoms with E-state index < -0.39 is 6.10 Å². The summed E-state index contributed by atoms with van der Waals surface area (Å²) in [6, 6.07) is 5.67. The second-order valence-corrected chi connectivity index (χ2v) is 4.73. The number of halogens is 1. The number of rotatable bonds is 4. The monoisotopic (exact) mass is 265 g/mol. The third-order valence-electron chi connectivity index (χ3n) is 2.86. The molecule has 0 aliphatic carbocycles. The molecule has 0 spiro atoms. The molecule has 2 aromatic rings. The Hall–Kier alpha value is -1.39. The zero-order chi connectivity index (χ0) is 13.1. The van der Waals surface area contributed by atoms with E-state index in [4.69, 9.17) is 11.6 Å². The molecule has 2 aromatic heterocycles. The van der Waals surface area contributed by atoms with Gasteiger partial charge in [-0.25, -0.2) is 0 Å². The number of aliphatic hydroxyl groups is 1. The Morgan fingerprint density at radius 3 is 2.72 bits per heavy atom. The van der Waals surface area contributed by atoms with Gasteiger partial charge in [-0.1, -0.05) is 17.7 Å². The lowest BCUT2D eigenvalue weighted by molar-refractivity contribution is 0.171. The standard InChI is InChI=1S/C13H16ClN3O/c1-9-13(14)12(17(2)16-9)8-11(18)7-10-5-3-4-6-15-10/h3-6,11,18H,7-8H2,1-2H3. The normalized spacial score (nSPS) is 12.7. The Balaban J connectivity index is 2.05. The molecule has 0 aliphatic rings. The Kier molecular flexibility index (Phi) is 3.99. The van der Waals surface area contributed by atoms with Gasteiger partial charge < -0.3 is 5.11 Å². The molecule has 0 saturated carbocycles. The van der Waals surface area contributed by atoms with E-state index in [1.165, 1.54) is 0 Å². The summed E-state index contributed by atoms with van der Waals surface area (Å²) >= 11 is 6.15. The van der Waals surface area contributed by atoms with Crippen LogP contribution < -0.4 is 0 Å². The highest BCUT2D eigenvalue weighted by atomic mass is 35.5. The van der Waals surface area contributed by atoms with E-state index in [0.29, 0.717) is 17.9 Å². The number of aromatic nitrogens is 3. The first-order valence-corrected chi connectivity index (χ1v) is 6.21. The van der Waals surface area contributed by atoms with Gasteiger partial charge in [0.25, 0.3) is 0 Å². The number of aliphatic hydroxyl groups excluding tert-OH is 1. The molecule has 1 unspecified atom stereocenters. The van der Waals surface area contributed by atoms with E-state index in [2.05, 4.69) is 10.1 Å².